The average molecular weight is 537 g/mol. The van der Waals surface area contributed by atoms with Crippen molar-refractivity contribution in [3.63, 3.8) is 0 Å². The van der Waals surface area contributed by atoms with Crippen LogP contribution in [0.4, 0.5) is 4.39 Å². The number of likely N-dealkylation sites (N-methyl/N-ethyl adjacent to an activating group) is 1. The van der Waals surface area contributed by atoms with Gasteiger partial charge in [0, 0.05) is 56.1 Å². The minimum atomic E-state index is -0.873. The van der Waals surface area contributed by atoms with Gasteiger partial charge >= 0.3 is 0 Å². The first-order chi connectivity index (χ1) is 19.2. The maximum absolute atomic E-state index is 14.9. The average Bonchev–Trinajstić information content (AvgIpc) is 2.97. The van der Waals surface area contributed by atoms with Gasteiger partial charge in [0.2, 0.25) is 5.91 Å². The molecule has 4 rings (SSSR count). The van der Waals surface area contributed by atoms with Gasteiger partial charge in [-0.1, -0.05) is 48.5 Å². The van der Waals surface area contributed by atoms with Crippen molar-refractivity contribution in [2.24, 2.45) is 11.8 Å². The lowest BCUT2D eigenvalue weighted by Gasteiger charge is -2.43. The first-order valence-electron chi connectivity index (χ1n) is 12.9. The lowest BCUT2D eigenvalue weighted by atomic mass is 9.67. The summed E-state index contributed by atoms with van der Waals surface area (Å²) in [5.41, 5.74) is 1.64. The van der Waals surface area contributed by atoms with E-state index in [4.69, 9.17) is 0 Å². The molecule has 3 aromatic carbocycles. The van der Waals surface area contributed by atoms with Gasteiger partial charge < -0.3 is 4.90 Å². The summed E-state index contributed by atoms with van der Waals surface area (Å²) in [5.74, 6) is -3.90. The molecule has 1 heterocycles. The monoisotopic (exact) mass is 536 g/mol. The molecule has 0 aromatic heterocycles. The zero-order chi connectivity index (χ0) is 29.0. The summed E-state index contributed by atoms with van der Waals surface area (Å²) in [6.45, 7) is 1.84. The minimum absolute atomic E-state index is 0.0325. The summed E-state index contributed by atoms with van der Waals surface area (Å²) in [6.07, 6.45) is 0. The lowest BCUT2D eigenvalue weighted by molar-refractivity contribution is -0.130. The summed E-state index contributed by atoms with van der Waals surface area (Å²) in [6, 6.07) is 21.6. The van der Waals surface area contributed by atoms with Crippen LogP contribution >= 0.6 is 0 Å². The number of nitriles is 2. The van der Waals surface area contributed by atoms with E-state index >= 15 is 0 Å². The Kier molecular flexibility index (Phi) is 8.52. The van der Waals surface area contributed by atoms with Gasteiger partial charge in [0.1, 0.15) is 5.82 Å². The third-order valence-corrected chi connectivity index (χ3v) is 7.60. The zero-order valence-corrected chi connectivity index (χ0v) is 22.6. The molecule has 40 heavy (non-hydrogen) atoms. The third-order valence-electron chi connectivity index (χ3n) is 7.60. The van der Waals surface area contributed by atoms with Crippen LogP contribution in [0.2, 0.25) is 0 Å². The molecule has 0 bridgehead atoms. The van der Waals surface area contributed by atoms with E-state index in [0.717, 1.165) is 0 Å². The number of Topliss-reactive ketones (excluding diaryl/α,β-unsaturated/α-hetero) is 2. The summed E-state index contributed by atoms with van der Waals surface area (Å²) >= 11 is 0. The SMILES string of the molecule is Cc1c(F)cccc1C1[C@@H](C(=O)c2ccccc2C#N)CN(CC(=O)N(C)C)C[C@H]1C(=O)c1ccccc1C#N. The second kappa shape index (κ2) is 12.0. The molecule has 0 N–H and O–H groups in total. The van der Waals surface area contributed by atoms with Crippen molar-refractivity contribution in [3.8, 4) is 12.1 Å². The molecule has 0 saturated carbocycles. The Morgan fingerprint density at radius 2 is 1.35 bits per heavy atom. The molecule has 1 unspecified atom stereocenters. The van der Waals surface area contributed by atoms with Crippen LogP contribution in [0.3, 0.4) is 0 Å². The van der Waals surface area contributed by atoms with Crippen LogP contribution in [-0.2, 0) is 4.79 Å². The summed E-state index contributed by atoms with van der Waals surface area (Å²) < 4.78 is 14.9. The Hall–Kier alpha value is -4.66. The number of carbonyl (C=O) groups is 3. The molecule has 1 amide bonds. The number of carbonyl (C=O) groups excluding carboxylic acids is 3. The van der Waals surface area contributed by atoms with E-state index in [1.54, 1.807) is 86.6 Å². The van der Waals surface area contributed by atoms with Gasteiger partial charge in [-0.2, -0.15) is 10.5 Å². The second-order valence-corrected chi connectivity index (χ2v) is 10.2. The Labute approximate surface area is 233 Å². The number of amides is 1. The van der Waals surface area contributed by atoms with Gasteiger partial charge in [-0.15, -0.1) is 0 Å². The van der Waals surface area contributed by atoms with Gasteiger partial charge in [0.25, 0.3) is 0 Å². The van der Waals surface area contributed by atoms with Gasteiger partial charge in [-0.3, -0.25) is 19.3 Å². The van der Waals surface area contributed by atoms with Crippen molar-refractivity contribution in [1.29, 1.82) is 10.5 Å². The largest absolute Gasteiger partial charge is 0.348 e. The Morgan fingerprint density at radius 1 is 0.850 bits per heavy atom. The predicted octanol–water partition coefficient (Wildman–Crippen LogP) is 4.36. The number of halogens is 1. The molecule has 0 aliphatic carbocycles. The highest BCUT2D eigenvalue weighted by Gasteiger charge is 2.46. The molecule has 202 valence electrons. The van der Waals surface area contributed by atoms with E-state index < -0.39 is 23.6 Å². The number of hydrogen-bond acceptors (Lipinski definition) is 6. The Bertz CT molecular complexity index is 1470. The van der Waals surface area contributed by atoms with E-state index in [9.17, 15) is 29.3 Å². The van der Waals surface area contributed by atoms with Crippen LogP contribution in [0.1, 0.15) is 48.9 Å². The molecule has 3 aromatic rings. The van der Waals surface area contributed by atoms with E-state index in [1.807, 2.05) is 0 Å². The van der Waals surface area contributed by atoms with E-state index in [-0.39, 0.29) is 59.4 Å². The van der Waals surface area contributed by atoms with Crippen LogP contribution in [0.5, 0.6) is 0 Å². The summed E-state index contributed by atoms with van der Waals surface area (Å²) in [4.78, 5) is 44.4. The molecule has 0 spiro atoms. The number of nitrogens with zero attached hydrogens (tertiary/aromatic N) is 4. The molecule has 1 saturated heterocycles. The van der Waals surface area contributed by atoms with Crippen molar-refractivity contribution >= 4 is 17.5 Å². The molecule has 7 nitrogen and oxygen atoms in total. The first-order valence-corrected chi connectivity index (χ1v) is 12.9. The van der Waals surface area contributed by atoms with E-state index in [2.05, 4.69) is 12.1 Å². The Balaban J connectivity index is 1.92. The first kappa shape index (κ1) is 28.4. The van der Waals surface area contributed by atoms with E-state index in [1.165, 1.54) is 11.0 Å². The van der Waals surface area contributed by atoms with Gasteiger partial charge in [-0.25, -0.2) is 4.39 Å². The molecule has 3 atom stereocenters. The molecule has 8 heteroatoms. The lowest BCUT2D eigenvalue weighted by Crippen LogP contribution is -2.52. The van der Waals surface area contributed by atoms with Crippen LogP contribution in [0.15, 0.2) is 66.7 Å². The summed E-state index contributed by atoms with van der Waals surface area (Å²) in [7, 11) is 3.26. The fraction of sp³-hybridized carbons (Fsp3) is 0.281. The van der Waals surface area contributed by atoms with E-state index in [0.29, 0.717) is 11.1 Å². The van der Waals surface area contributed by atoms with Crippen LogP contribution < -0.4 is 0 Å². The van der Waals surface area contributed by atoms with Crippen molar-refractivity contribution < 1.29 is 18.8 Å². The fourth-order valence-corrected chi connectivity index (χ4v) is 5.50. The van der Waals surface area contributed by atoms with Crippen molar-refractivity contribution in [2.45, 2.75) is 12.8 Å². The molecule has 1 fully saturated rings. The van der Waals surface area contributed by atoms with Crippen molar-refractivity contribution in [3.05, 3.63) is 106 Å². The van der Waals surface area contributed by atoms with Gasteiger partial charge in [0.05, 0.1) is 29.8 Å². The Morgan fingerprint density at radius 3 is 1.82 bits per heavy atom. The van der Waals surface area contributed by atoms with Crippen LogP contribution in [-0.4, -0.2) is 61.0 Å². The predicted molar refractivity (Wildman–Crippen MR) is 147 cm³/mol. The zero-order valence-electron chi connectivity index (χ0n) is 22.6. The number of benzene rings is 3. The minimum Gasteiger partial charge on any atom is -0.348 e. The molecule has 1 aliphatic heterocycles. The number of hydrogen-bond donors (Lipinski definition) is 0. The normalized spacial score (nSPS) is 18.8. The standard InChI is InChI=1S/C32H29FN4O3/c1-20-23(13-8-14-28(20)33)30-26(31(39)24-11-6-4-9-21(24)15-34)17-37(19-29(38)36(2)3)18-27(30)32(40)25-12-7-5-10-22(25)16-35/h4-14,26-27,30H,17-19H2,1-3H3/t26-,27+,30?. The molecule has 0 radical (unpaired) electrons. The molecular weight excluding hydrogens is 507 g/mol. The second-order valence-electron chi connectivity index (χ2n) is 10.2. The smallest absolute Gasteiger partial charge is 0.236 e. The van der Waals surface area contributed by atoms with Gasteiger partial charge in [-0.05, 0) is 36.2 Å². The maximum Gasteiger partial charge on any atom is 0.236 e. The number of likely N-dealkylation sites (tertiary alicyclic amines) is 1. The molecular formula is C32H29FN4O3. The number of ketones is 2. The van der Waals surface area contributed by atoms with Crippen LogP contribution in [0, 0.1) is 47.2 Å². The quantitative estimate of drug-likeness (QED) is 0.416. The topological polar surface area (TPSA) is 105 Å². The molecule has 1 aliphatic rings. The van der Waals surface area contributed by atoms with Crippen LogP contribution in [0.25, 0.3) is 0 Å². The summed E-state index contributed by atoms with van der Waals surface area (Å²) in [5, 5.41) is 19.4. The highest BCUT2D eigenvalue weighted by atomic mass is 19.1. The van der Waals surface area contributed by atoms with Crippen molar-refractivity contribution in [2.75, 3.05) is 33.7 Å². The number of rotatable bonds is 7. The fourth-order valence-electron chi connectivity index (χ4n) is 5.50. The third kappa shape index (κ3) is 5.54. The number of piperidine rings is 1. The highest BCUT2D eigenvalue weighted by molar-refractivity contribution is 6.04. The van der Waals surface area contributed by atoms with Gasteiger partial charge in [0.15, 0.2) is 11.6 Å². The maximum atomic E-state index is 14.9. The highest BCUT2D eigenvalue weighted by Crippen LogP contribution is 2.43. The van der Waals surface area contributed by atoms with Crippen molar-refractivity contribution in [1.82, 2.24) is 9.80 Å².